The third kappa shape index (κ3) is 2.44. The first-order chi connectivity index (χ1) is 12.0. The second kappa shape index (κ2) is 5.40. The van der Waals surface area contributed by atoms with Crippen LogP contribution in [0.1, 0.15) is 34.8 Å². The van der Waals surface area contributed by atoms with Crippen molar-refractivity contribution < 1.29 is 13.9 Å². The SMILES string of the molecule is COc1cc2ncc(-c3nc(N)c(C(N)=O)cc3F)n2nc1C1CC1. The number of anilines is 1. The van der Waals surface area contributed by atoms with Gasteiger partial charge >= 0.3 is 0 Å². The van der Waals surface area contributed by atoms with Gasteiger partial charge in [0.15, 0.2) is 11.5 Å². The number of methoxy groups -OCH3 is 1. The van der Waals surface area contributed by atoms with Crippen molar-refractivity contribution in [2.45, 2.75) is 18.8 Å². The molecule has 0 saturated heterocycles. The lowest BCUT2D eigenvalue weighted by molar-refractivity contribution is 0.100. The molecule has 0 radical (unpaired) electrons. The Morgan fingerprint density at radius 1 is 1.40 bits per heavy atom. The number of hydrogen-bond donors (Lipinski definition) is 2. The van der Waals surface area contributed by atoms with Crippen molar-refractivity contribution in [2.24, 2.45) is 5.73 Å². The summed E-state index contributed by atoms with van der Waals surface area (Å²) in [5.41, 5.74) is 12.3. The lowest BCUT2D eigenvalue weighted by Crippen LogP contribution is -2.15. The normalized spacial score (nSPS) is 14.0. The van der Waals surface area contributed by atoms with Gasteiger partial charge in [0.2, 0.25) is 0 Å². The minimum atomic E-state index is -0.840. The van der Waals surface area contributed by atoms with Crippen molar-refractivity contribution in [1.29, 1.82) is 0 Å². The number of aromatic nitrogens is 4. The molecule has 3 heterocycles. The van der Waals surface area contributed by atoms with E-state index in [0.29, 0.717) is 23.0 Å². The Morgan fingerprint density at radius 3 is 2.80 bits per heavy atom. The van der Waals surface area contributed by atoms with Crippen LogP contribution in [0.5, 0.6) is 5.75 Å². The summed E-state index contributed by atoms with van der Waals surface area (Å²) >= 11 is 0. The van der Waals surface area contributed by atoms with Crippen LogP contribution in [0.3, 0.4) is 0 Å². The van der Waals surface area contributed by atoms with Crippen LogP contribution in [0.25, 0.3) is 17.0 Å². The Morgan fingerprint density at radius 2 is 2.16 bits per heavy atom. The maximum absolute atomic E-state index is 14.5. The molecule has 0 unspecified atom stereocenters. The van der Waals surface area contributed by atoms with Crippen molar-refractivity contribution in [3.8, 4) is 17.1 Å². The minimum Gasteiger partial charge on any atom is -0.495 e. The van der Waals surface area contributed by atoms with Crippen LogP contribution in [-0.4, -0.2) is 32.6 Å². The highest BCUT2D eigenvalue weighted by atomic mass is 19.1. The lowest BCUT2D eigenvalue weighted by atomic mass is 10.2. The van der Waals surface area contributed by atoms with Crippen molar-refractivity contribution >= 4 is 17.4 Å². The number of primary amides is 1. The third-order valence-electron chi connectivity index (χ3n) is 4.18. The Kier molecular flexibility index (Phi) is 3.31. The first-order valence-corrected chi connectivity index (χ1v) is 7.68. The first kappa shape index (κ1) is 15.3. The molecule has 9 heteroatoms. The van der Waals surface area contributed by atoms with E-state index in [1.807, 2.05) is 0 Å². The summed E-state index contributed by atoms with van der Waals surface area (Å²) in [5, 5.41) is 4.56. The number of hydrogen-bond acceptors (Lipinski definition) is 6. The molecule has 0 atom stereocenters. The molecule has 1 aliphatic carbocycles. The van der Waals surface area contributed by atoms with Crippen LogP contribution in [-0.2, 0) is 0 Å². The largest absolute Gasteiger partial charge is 0.495 e. The average Bonchev–Trinajstić information content (AvgIpc) is 3.35. The van der Waals surface area contributed by atoms with Gasteiger partial charge in [0.25, 0.3) is 5.91 Å². The minimum absolute atomic E-state index is 0.0468. The number of imidazole rings is 1. The highest BCUT2D eigenvalue weighted by Gasteiger charge is 2.30. The zero-order valence-electron chi connectivity index (χ0n) is 13.4. The van der Waals surface area contributed by atoms with Crippen LogP contribution in [0, 0.1) is 5.82 Å². The van der Waals surface area contributed by atoms with Crippen LogP contribution < -0.4 is 16.2 Å². The highest BCUT2D eigenvalue weighted by molar-refractivity contribution is 5.97. The number of pyridine rings is 1. The van der Waals surface area contributed by atoms with Gasteiger partial charge in [0.1, 0.15) is 28.6 Å². The molecule has 128 valence electrons. The monoisotopic (exact) mass is 342 g/mol. The van der Waals surface area contributed by atoms with Crippen molar-refractivity contribution in [3.63, 3.8) is 0 Å². The van der Waals surface area contributed by atoms with E-state index < -0.39 is 11.7 Å². The molecule has 3 aromatic rings. The number of nitrogens with zero attached hydrogens (tertiary/aromatic N) is 4. The summed E-state index contributed by atoms with van der Waals surface area (Å²) in [6.07, 6.45) is 3.52. The molecule has 4 rings (SSSR count). The number of carbonyl (C=O) groups excluding carboxylic acids is 1. The number of amides is 1. The number of nitrogens with two attached hydrogens (primary N) is 2. The second-order valence-electron chi connectivity index (χ2n) is 5.90. The quantitative estimate of drug-likeness (QED) is 0.741. The topological polar surface area (TPSA) is 121 Å². The van der Waals surface area contributed by atoms with Gasteiger partial charge < -0.3 is 16.2 Å². The Labute approximate surface area is 141 Å². The van der Waals surface area contributed by atoms with Gasteiger partial charge in [0.05, 0.1) is 18.9 Å². The van der Waals surface area contributed by atoms with Gasteiger partial charge in [-0.3, -0.25) is 4.79 Å². The average molecular weight is 342 g/mol. The summed E-state index contributed by atoms with van der Waals surface area (Å²) in [7, 11) is 1.58. The maximum atomic E-state index is 14.5. The fourth-order valence-corrected chi connectivity index (χ4v) is 2.76. The number of halogens is 1. The van der Waals surface area contributed by atoms with E-state index in [0.717, 1.165) is 24.6 Å². The third-order valence-corrected chi connectivity index (χ3v) is 4.18. The first-order valence-electron chi connectivity index (χ1n) is 7.68. The van der Waals surface area contributed by atoms with Gasteiger partial charge in [-0.2, -0.15) is 5.10 Å². The molecule has 4 N–H and O–H groups in total. The van der Waals surface area contributed by atoms with Crippen molar-refractivity contribution in [3.05, 3.63) is 35.4 Å². The molecule has 1 saturated carbocycles. The Bertz CT molecular complexity index is 1010. The molecular formula is C16H15FN6O2. The Hall–Kier alpha value is -3.23. The molecule has 1 fully saturated rings. The predicted octanol–water partition coefficient (Wildman–Crippen LogP) is 1.50. The molecule has 8 nitrogen and oxygen atoms in total. The summed E-state index contributed by atoms with van der Waals surface area (Å²) in [5.74, 6) is -0.725. The van der Waals surface area contributed by atoms with E-state index in [2.05, 4.69) is 15.1 Å². The van der Waals surface area contributed by atoms with Crippen molar-refractivity contribution in [1.82, 2.24) is 19.6 Å². The molecule has 0 bridgehead atoms. The zero-order valence-corrected chi connectivity index (χ0v) is 13.4. The van der Waals surface area contributed by atoms with Gasteiger partial charge in [-0.25, -0.2) is 18.9 Å². The van der Waals surface area contributed by atoms with E-state index in [9.17, 15) is 9.18 Å². The lowest BCUT2D eigenvalue weighted by Gasteiger charge is -2.09. The van der Waals surface area contributed by atoms with Crippen LogP contribution in [0.2, 0.25) is 0 Å². The van der Waals surface area contributed by atoms with Gasteiger partial charge in [0, 0.05) is 12.0 Å². The molecular weight excluding hydrogens is 327 g/mol. The van der Waals surface area contributed by atoms with E-state index in [4.69, 9.17) is 16.2 Å². The molecule has 0 aromatic carbocycles. The van der Waals surface area contributed by atoms with E-state index >= 15 is 0 Å². The van der Waals surface area contributed by atoms with Crippen molar-refractivity contribution in [2.75, 3.05) is 12.8 Å². The fraction of sp³-hybridized carbons (Fsp3) is 0.250. The standard InChI is InChI=1S/C16H15FN6O2/c1-25-11-5-12-20-6-10(23(12)22-13(11)7-2-3-7)14-9(17)4-8(16(19)24)15(18)21-14/h4-7H,2-3H2,1H3,(H2,18,21)(H2,19,24). The van der Waals surface area contributed by atoms with Crippen LogP contribution in [0.15, 0.2) is 18.3 Å². The van der Waals surface area contributed by atoms with Gasteiger partial charge in [-0.15, -0.1) is 0 Å². The fourth-order valence-electron chi connectivity index (χ4n) is 2.76. The molecule has 1 aliphatic rings. The predicted molar refractivity (Wildman–Crippen MR) is 87.6 cm³/mol. The molecule has 3 aromatic heterocycles. The summed E-state index contributed by atoms with van der Waals surface area (Å²) in [4.78, 5) is 19.5. The number of rotatable bonds is 4. The number of carbonyl (C=O) groups is 1. The van der Waals surface area contributed by atoms with E-state index in [-0.39, 0.29) is 17.1 Å². The summed E-state index contributed by atoms with van der Waals surface area (Å²) in [6, 6.07) is 2.73. The highest BCUT2D eigenvalue weighted by Crippen LogP contribution is 2.43. The second-order valence-corrected chi connectivity index (χ2v) is 5.90. The molecule has 25 heavy (non-hydrogen) atoms. The van der Waals surface area contributed by atoms with E-state index in [1.165, 1.54) is 10.7 Å². The van der Waals surface area contributed by atoms with Gasteiger partial charge in [-0.05, 0) is 18.9 Å². The molecule has 0 spiro atoms. The van der Waals surface area contributed by atoms with E-state index in [1.54, 1.807) is 13.2 Å². The number of fused-ring (bicyclic) bond motifs is 1. The maximum Gasteiger partial charge on any atom is 0.252 e. The smallest absolute Gasteiger partial charge is 0.252 e. The number of ether oxygens (including phenoxy) is 1. The summed E-state index contributed by atoms with van der Waals surface area (Å²) < 4.78 is 21.4. The molecule has 1 amide bonds. The molecule has 0 aliphatic heterocycles. The van der Waals surface area contributed by atoms with Crippen LogP contribution >= 0.6 is 0 Å². The van der Waals surface area contributed by atoms with Gasteiger partial charge in [-0.1, -0.05) is 0 Å². The van der Waals surface area contributed by atoms with Crippen LogP contribution in [0.4, 0.5) is 10.2 Å². The number of nitrogen functional groups attached to an aromatic ring is 1. The summed E-state index contributed by atoms with van der Waals surface area (Å²) in [6.45, 7) is 0. The zero-order chi connectivity index (χ0) is 17.7. The Balaban J connectivity index is 1.91.